The molecular weight excluding hydrogens is 415 g/mol. The highest BCUT2D eigenvalue weighted by molar-refractivity contribution is 6.01. The maximum atomic E-state index is 13.2. The van der Waals surface area contributed by atoms with Crippen LogP contribution in [-0.2, 0) is 14.4 Å². The van der Waals surface area contributed by atoms with Crippen molar-refractivity contribution in [2.24, 2.45) is 10.6 Å². The van der Waals surface area contributed by atoms with E-state index in [1.54, 1.807) is 43.0 Å². The first-order valence-corrected chi connectivity index (χ1v) is 10.9. The fraction of sp³-hybridized carbons (Fsp3) is 0.458. The monoisotopic (exact) mass is 442 g/mol. The van der Waals surface area contributed by atoms with Crippen LogP contribution in [0.4, 0.5) is 4.39 Å². The summed E-state index contributed by atoms with van der Waals surface area (Å²) >= 11 is 0. The van der Waals surface area contributed by atoms with Crippen LogP contribution in [0.3, 0.4) is 0 Å². The van der Waals surface area contributed by atoms with E-state index in [9.17, 15) is 14.0 Å². The second-order valence-electron chi connectivity index (χ2n) is 8.42. The molecule has 2 aliphatic heterocycles. The predicted molar refractivity (Wildman–Crippen MR) is 115 cm³/mol. The number of aryl methyl sites for hydroxylation is 1. The molecule has 0 unspecified atom stereocenters. The predicted octanol–water partition coefficient (Wildman–Crippen LogP) is 4.10. The normalized spacial score (nSPS) is 22.9. The molecule has 170 valence electrons. The van der Waals surface area contributed by atoms with Crippen molar-refractivity contribution >= 4 is 17.6 Å². The summed E-state index contributed by atoms with van der Waals surface area (Å²) < 4.78 is 24.2. The van der Waals surface area contributed by atoms with E-state index in [0.717, 1.165) is 5.56 Å². The average molecular weight is 442 g/mol. The van der Waals surface area contributed by atoms with Gasteiger partial charge in [-0.3, -0.25) is 9.59 Å². The van der Waals surface area contributed by atoms with Gasteiger partial charge in [0.25, 0.3) is 5.91 Å². The Morgan fingerprint density at radius 1 is 1.25 bits per heavy atom. The van der Waals surface area contributed by atoms with E-state index in [0.29, 0.717) is 43.7 Å². The Hall–Kier alpha value is -3.16. The molecule has 1 aromatic carbocycles. The molecule has 1 amide bonds. The Balaban J connectivity index is 1.50. The number of oxime groups is 1. The Bertz CT molecular complexity index is 1020. The van der Waals surface area contributed by atoms with Crippen LogP contribution in [0.5, 0.6) is 0 Å². The van der Waals surface area contributed by atoms with E-state index in [4.69, 9.17) is 14.0 Å². The molecule has 1 saturated heterocycles. The van der Waals surface area contributed by atoms with Crippen LogP contribution < -0.4 is 0 Å². The van der Waals surface area contributed by atoms with Crippen molar-refractivity contribution in [3.05, 3.63) is 59.3 Å². The van der Waals surface area contributed by atoms with Gasteiger partial charge in [0.05, 0.1) is 17.7 Å². The summed E-state index contributed by atoms with van der Waals surface area (Å²) in [4.78, 5) is 33.4. The molecule has 0 aliphatic carbocycles. The second-order valence-corrected chi connectivity index (χ2v) is 8.42. The number of nitrogens with zero attached hydrogens (tertiary/aromatic N) is 2. The lowest BCUT2D eigenvalue weighted by molar-refractivity contribution is -0.161. The number of carbonyl (C=O) groups excluding carboxylic acids is 2. The van der Waals surface area contributed by atoms with Crippen LogP contribution in [0.25, 0.3) is 0 Å². The number of hydrogen-bond donors (Lipinski definition) is 0. The quantitative estimate of drug-likeness (QED) is 0.630. The van der Waals surface area contributed by atoms with E-state index >= 15 is 0 Å². The molecule has 0 N–H and O–H groups in total. The molecule has 4 rings (SSSR count). The highest BCUT2D eigenvalue weighted by Gasteiger charge is 2.48. The Kier molecular flexibility index (Phi) is 6.30. The number of hydrogen-bond acceptors (Lipinski definition) is 6. The Morgan fingerprint density at radius 3 is 2.72 bits per heavy atom. The fourth-order valence-electron chi connectivity index (χ4n) is 4.50. The number of ether oxygens (including phenoxy) is 1. The minimum Gasteiger partial charge on any atom is -0.466 e. The summed E-state index contributed by atoms with van der Waals surface area (Å²) in [5, 5.41) is 4.17. The maximum Gasteiger partial charge on any atom is 0.314 e. The van der Waals surface area contributed by atoms with Crippen molar-refractivity contribution in [3.8, 4) is 0 Å². The van der Waals surface area contributed by atoms with E-state index in [1.165, 1.54) is 12.1 Å². The lowest BCUT2D eigenvalue weighted by atomic mass is 9.74. The zero-order valence-electron chi connectivity index (χ0n) is 18.3. The molecule has 0 spiro atoms. The van der Waals surface area contributed by atoms with Crippen molar-refractivity contribution in [1.29, 1.82) is 0 Å². The number of benzene rings is 1. The van der Waals surface area contributed by atoms with Gasteiger partial charge in [-0.2, -0.15) is 0 Å². The number of piperidine rings is 1. The third kappa shape index (κ3) is 4.54. The van der Waals surface area contributed by atoms with E-state index in [2.05, 4.69) is 5.16 Å². The standard InChI is InChI=1S/C24H27FN2O5/c1-3-30-23(29)24(11-4-12-27(15-24)22(28)21-10-5-16(2)31-21)14-19-13-20(26-32-19)17-6-8-18(25)9-7-17/h5-10,19H,3-4,11-15H2,1-2H3/t19-,24+/m0/s1. The van der Waals surface area contributed by atoms with Gasteiger partial charge in [-0.1, -0.05) is 17.3 Å². The van der Waals surface area contributed by atoms with Crippen molar-refractivity contribution < 1.29 is 28.0 Å². The SMILES string of the molecule is CCOC(=O)[C@@]1(C[C@@H]2CC(c3ccc(F)cc3)=NO2)CCCN(C(=O)c2ccc(C)o2)C1. The Labute approximate surface area is 186 Å². The molecule has 2 aromatic rings. The molecule has 8 heteroatoms. The molecule has 3 heterocycles. The van der Waals surface area contributed by atoms with Gasteiger partial charge in [0.1, 0.15) is 17.7 Å². The third-order valence-corrected chi connectivity index (χ3v) is 6.05. The molecule has 0 bridgehead atoms. The van der Waals surface area contributed by atoms with Crippen molar-refractivity contribution in [2.75, 3.05) is 19.7 Å². The van der Waals surface area contributed by atoms with Crippen LogP contribution in [-0.4, -0.2) is 48.3 Å². The third-order valence-electron chi connectivity index (χ3n) is 6.05. The molecule has 0 saturated carbocycles. The number of carbonyl (C=O) groups is 2. The summed E-state index contributed by atoms with van der Waals surface area (Å²) in [6, 6.07) is 9.48. The molecule has 1 fully saturated rings. The smallest absolute Gasteiger partial charge is 0.314 e. The number of furan rings is 1. The summed E-state index contributed by atoms with van der Waals surface area (Å²) in [7, 11) is 0. The highest BCUT2D eigenvalue weighted by atomic mass is 19.1. The van der Waals surface area contributed by atoms with Gasteiger partial charge >= 0.3 is 5.97 Å². The van der Waals surface area contributed by atoms with Crippen molar-refractivity contribution in [1.82, 2.24) is 4.90 Å². The maximum absolute atomic E-state index is 13.2. The summed E-state index contributed by atoms with van der Waals surface area (Å²) in [5.41, 5.74) is 0.612. The number of likely N-dealkylation sites (tertiary alicyclic amines) is 1. The van der Waals surface area contributed by atoms with Crippen molar-refractivity contribution in [2.45, 2.75) is 45.6 Å². The number of amides is 1. The molecule has 0 radical (unpaired) electrons. The van der Waals surface area contributed by atoms with Crippen LogP contribution >= 0.6 is 0 Å². The minimum atomic E-state index is -0.885. The van der Waals surface area contributed by atoms with Crippen LogP contribution in [0.2, 0.25) is 0 Å². The fourth-order valence-corrected chi connectivity index (χ4v) is 4.50. The lowest BCUT2D eigenvalue weighted by Gasteiger charge is -2.41. The second kappa shape index (κ2) is 9.14. The molecular formula is C24H27FN2O5. The largest absolute Gasteiger partial charge is 0.466 e. The first-order valence-electron chi connectivity index (χ1n) is 10.9. The number of halogens is 1. The van der Waals surface area contributed by atoms with Gasteiger partial charge in [-0.15, -0.1) is 0 Å². The summed E-state index contributed by atoms with van der Waals surface area (Å²) in [6.07, 6.45) is 1.81. The molecule has 2 aliphatic rings. The Morgan fingerprint density at radius 2 is 2.03 bits per heavy atom. The molecule has 2 atom stereocenters. The van der Waals surface area contributed by atoms with E-state index in [-0.39, 0.29) is 42.7 Å². The first kappa shape index (κ1) is 22.0. The average Bonchev–Trinajstić information content (AvgIpc) is 3.43. The van der Waals surface area contributed by atoms with Crippen LogP contribution in [0, 0.1) is 18.2 Å². The van der Waals surface area contributed by atoms with Gasteiger partial charge in [0.15, 0.2) is 5.76 Å². The summed E-state index contributed by atoms with van der Waals surface area (Å²) in [6.45, 7) is 4.59. The van der Waals surface area contributed by atoms with Crippen molar-refractivity contribution in [3.63, 3.8) is 0 Å². The van der Waals surface area contributed by atoms with E-state index in [1.807, 2.05) is 0 Å². The summed E-state index contributed by atoms with van der Waals surface area (Å²) in [5.74, 6) is 0.0480. The number of esters is 1. The van der Waals surface area contributed by atoms with Gasteiger partial charge in [0, 0.05) is 25.9 Å². The van der Waals surface area contributed by atoms with Gasteiger partial charge in [0.2, 0.25) is 0 Å². The zero-order valence-corrected chi connectivity index (χ0v) is 18.3. The highest BCUT2D eigenvalue weighted by Crippen LogP contribution is 2.39. The molecule has 1 aromatic heterocycles. The zero-order chi connectivity index (χ0) is 22.7. The number of rotatable bonds is 6. The topological polar surface area (TPSA) is 81.3 Å². The van der Waals surface area contributed by atoms with Crippen LogP contribution in [0.1, 0.15) is 54.5 Å². The van der Waals surface area contributed by atoms with Crippen LogP contribution in [0.15, 0.2) is 46.0 Å². The van der Waals surface area contributed by atoms with Gasteiger partial charge < -0.3 is 18.9 Å². The van der Waals surface area contributed by atoms with Gasteiger partial charge in [-0.25, -0.2) is 4.39 Å². The molecule has 32 heavy (non-hydrogen) atoms. The first-order chi connectivity index (χ1) is 15.4. The van der Waals surface area contributed by atoms with E-state index < -0.39 is 5.41 Å². The molecule has 7 nitrogen and oxygen atoms in total. The lowest BCUT2D eigenvalue weighted by Crippen LogP contribution is -2.51. The minimum absolute atomic E-state index is 0.232. The van der Waals surface area contributed by atoms with Gasteiger partial charge in [-0.05, 0) is 56.5 Å².